The Balaban J connectivity index is 2.57. The zero-order chi connectivity index (χ0) is 15.2. The maximum Gasteiger partial charge on any atom is 0.240 e. The molecule has 7 nitrogen and oxygen atoms in total. The van der Waals surface area contributed by atoms with Crippen molar-refractivity contribution >= 4 is 21.6 Å². The molecule has 20 heavy (non-hydrogen) atoms. The molecule has 0 aliphatic heterocycles. The average Bonchev–Trinajstić information content (AvgIpc) is 2.39. The molecule has 0 radical (unpaired) electrons. The highest BCUT2D eigenvalue weighted by atomic mass is 32.2. The summed E-state index contributed by atoms with van der Waals surface area (Å²) in [5.74, 6) is -0.386. The smallest absolute Gasteiger partial charge is 0.240 e. The minimum absolute atomic E-state index is 0.00133. The molecule has 0 heterocycles. The Kier molecular flexibility index (Phi) is 5.78. The molecule has 1 aromatic rings. The van der Waals surface area contributed by atoms with Crippen molar-refractivity contribution in [3.8, 4) is 5.75 Å². The molecule has 0 unspecified atom stereocenters. The van der Waals surface area contributed by atoms with E-state index < -0.39 is 10.0 Å². The van der Waals surface area contributed by atoms with E-state index in [0.717, 1.165) is 12.5 Å². The van der Waals surface area contributed by atoms with E-state index in [1.54, 1.807) is 0 Å². The number of hydrogen-bond donors (Lipinski definition) is 4. The zero-order valence-corrected chi connectivity index (χ0v) is 12.0. The molecule has 0 atom stereocenters. The van der Waals surface area contributed by atoms with Gasteiger partial charge in [0.05, 0.1) is 10.6 Å². The largest absolute Gasteiger partial charge is 0.506 e. The Morgan fingerprint density at radius 3 is 2.65 bits per heavy atom. The van der Waals surface area contributed by atoms with E-state index >= 15 is 0 Å². The van der Waals surface area contributed by atoms with Gasteiger partial charge in [0.1, 0.15) is 5.75 Å². The van der Waals surface area contributed by atoms with Crippen LogP contribution in [0.25, 0.3) is 0 Å². The lowest BCUT2D eigenvalue weighted by Crippen LogP contribution is -2.31. The Morgan fingerprint density at radius 1 is 1.35 bits per heavy atom. The van der Waals surface area contributed by atoms with Crippen LogP contribution in [0.1, 0.15) is 19.8 Å². The summed E-state index contributed by atoms with van der Waals surface area (Å²) in [6, 6.07) is 3.61. The molecule has 5 N–H and O–H groups in total. The lowest BCUT2D eigenvalue weighted by molar-refractivity contribution is -0.120. The lowest BCUT2D eigenvalue weighted by Gasteiger charge is -2.08. The molecule has 1 amide bonds. The number of carbonyl (C=O) groups excluding carboxylic acids is 1. The van der Waals surface area contributed by atoms with Gasteiger partial charge in [-0.25, -0.2) is 13.1 Å². The maximum atomic E-state index is 11.9. The molecule has 8 heteroatoms. The van der Waals surface area contributed by atoms with E-state index in [4.69, 9.17) is 5.73 Å². The Bertz CT molecular complexity index is 572. The van der Waals surface area contributed by atoms with Crippen LogP contribution >= 0.6 is 0 Å². The first-order valence-electron chi connectivity index (χ1n) is 6.21. The van der Waals surface area contributed by atoms with Crippen LogP contribution in [-0.4, -0.2) is 32.5 Å². The molecular weight excluding hydrogens is 282 g/mol. The fourth-order valence-corrected chi connectivity index (χ4v) is 2.50. The van der Waals surface area contributed by atoms with Crippen molar-refractivity contribution < 1.29 is 18.3 Å². The third-order valence-electron chi connectivity index (χ3n) is 2.53. The number of nitrogen functional groups attached to an aromatic ring is 1. The number of phenols is 1. The van der Waals surface area contributed by atoms with Gasteiger partial charge in [0.25, 0.3) is 0 Å². The number of sulfonamides is 1. The summed E-state index contributed by atoms with van der Waals surface area (Å²) in [7, 11) is -3.74. The van der Waals surface area contributed by atoms with E-state index in [1.807, 2.05) is 6.92 Å². The van der Waals surface area contributed by atoms with Gasteiger partial charge in [0.15, 0.2) is 0 Å². The summed E-state index contributed by atoms with van der Waals surface area (Å²) < 4.78 is 26.1. The first-order chi connectivity index (χ1) is 9.36. The molecule has 0 saturated heterocycles. The molecule has 1 aromatic carbocycles. The van der Waals surface area contributed by atoms with E-state index in [1.165, 1.54) is 12.1 Å². The van der Waals surface area contributed by atoms with Gasteiger partial charge in [-0.15, -0.1) is 0 Å². The highest BCUT2D eigenvalue weighted by molar-refractivity contribution is 7.89. The molecular formula is C12H19N3O4S. The van der Waals surface area contributed by atoms with Crippen LogP contribution in [0.5, 0.6) is 5.75 Å². The summed E-state index contributed by atoms with van der Waals surface area (Å²) in [4.78, 5) is 11.3. The standard InChI is InChI=1S/C12H19N3O4S/c1-2-6-14-12(17)5-7-15-20(18,19)9-3-4-11(16)10(13)8-9/h3-4,8,15-16H,2,5-7,13H2,1H3,(H,14,17). The van der Waals surface area contributed by atoms with E-state index in [0.29, 0.717) is 6.54 Å². The van der Waals surface area contributed by atoms with E-state index in [9.17, 15) is 18.3 Å². The van der Waals surface area contributed by atoms with Gasteiger partial charge in [-0.3, -0.25) is 4.79 Å². The molecule has 0 aromatic heterocycles. The van der Waals surface area contributed by atoms with E-state index in [2.05, 4.69) is 10.0 Å². The van der Waals surface area contributed by atoms with Crippen LogP contribution in [0.4, 0.5) is 5.69 Å². The second-order valence-electron chi connectivity index (χ2n) is 4.22. The summed E-state index contributed by atoms with van der Waals surface area (Å²) in [5, 5.41) is 11.9. The summed E-state index contributed by atoms with van der Waals surface area (Å²) >= 11 is 0. The van der Waals surface area contributed by atoms with Crippen LogP contribution in [0.15, 0.2) is 23.1 Å². The van der Waals surface area contributed by atoms with Crippen molar-refractivity contribution in [3.63, 3.8) is 0 Å². The van der Waals surface area contributed by atoms with Crippen LogP contribution in [0, 0.1) is 0 Å². The van der Waals surface area contributed by atoms with Crippen molar-refractivity contribution in [3.05, 3.63) is 18.2 Å². The van der Waals surface area contributed by atoms with Gasteiger partial charge in [0, 0.05) is 19.5 Å². The topological polar surface area (TPSA) is 122 Å². The molecule has 112 valence electrons. The maximum absolute atomic E-state index is 11.9. The van der Waals surface area contributed by atoms with Gasteiger partial charge in [-0.1, -0.05) is 6.92 Å². The summed E-state index contributed by atoms with van der Waals surface area (Å²) in [6.45, 7) is 2.50. The Hall–Kier alpha value is -1.80. The van der Waals surface area contributed by atoms with Gasteiger partial charge in [-0.2, -0.15) is 0 Å². The molecule has 0 bridgehead atoms. The molecule has 0 fully saturated rings. The average molecular weight is 301 g/mol. The molecule has 0 aliphatic rings. The molecule has 0 saturated carbocycles. The van der Waals surface area contributed by atoms with Gasteiger partial charge in [-0.05, 0) is 24.6 Å². The summed E-state index contributed by atoms with van der Waals surface area (Å²) in [5.41, 5.74) is 5.42. The monoisotopic (exact) mass is 301 g/mol. The van der Waals surface area contributed by atoms with Crippen molar-refractivity contribution in [1.82, 2.24) is 10.0 Å². The van der Waals surface area contributed by atoms with Crippen molar-refractivity contribution in [1.29, 1.82) is 0 Å². The van der Waals surface area contributed by atoms with Crippen LogP contribution in [-0.2, 0) is 14.8 Å². The lowest BCUT2D eigenvalue weighted by atomic mass is 10.3. The minimum Gasteiger partial charge on any atom is -0.506 e. The van der Waals surface area contributed by atoms with Crippen LogP contribution < -0.4 is 15.8 Å². The predicted molar refractivity (Wildman–Crippen MR) is 75.6 cm³/mol. The van der Waals surface area contributed by atoms with Gasteiger partial charge < -0.3 is 16.2 Å². The predicted octanol–water partition coefficient (Wildman–Crippen LogP) is 0.169. The fraction of sp³-hybridized carbons (Fsp3) is 0.417. The second kappa shape index (κ2) is 7.11. The quantitative estimate of drug-likeness (QED) is 0.422. The van der Waals surface area contributed by atoms with Crippen LogP contribution in [0.3, 0.4) is 0 Å². The van der Waals surface area contributed by atoms with Crippen molar-refractivity contribution in [2.45, 2.75) is 24.7 Å². The number of phenolic OH excluding ortho intramolecular Hbond substituents is 1. The highest BCUT2D eigenvalue weighted by Gasteiger charge is 2.15. The minimum atomic E-state index is -3.74. The van der Waals surface area contributed by atoms with Crippen LogP contribution in [0.2, 0.25) is 0 Å². The SMILES string of the molecule is CCCNC(=O)CCNS(=O)(=O)c1ccc(O)c(N)c1. The Morgan fingerprint density at radius 2 is 2.05 bits per heavy atom. The first-order valence-corrected chi connectivity index (χ1v) is 7.70. The second-order valence-corrected chi connectivity index (χ2v) is 5.99. The van der Waals surface area contributed by atoms with Crippen molar-refractivity contribution in [2.75, 3.05) is 18.8 Å². The Labute approximate surface area is 118 Å². The number of amides is 1. The zero-order valence-electron chi connectivity index (χ0n) is 11.2. The number of nitrogens with two attached hydrogens (primary N) is 1. The van der Waals surface area contributed by atoms with Gasteiger partial charge >= 0.3 is 0 Å². The summed E-state index contributed by atoms with van der Waals surface area (Å²) in [6.07, 6.45) is 0.886. The molecule has 0 aliphatic carbocycles. The molecule has 0 spiro atoms. The highest BCUT2D eigenvalue weighted by Crippen LogP contribution is 2.22. The van der Waals surface area contributed by atoms with E-state index in [-0.39, 0.29) is 35.2 Å². The number of benzene rings is 1. The third kappa shape index (κ3) is 4.71. The number of carbonyl (C=O) groups is 1. The third-order valence-corrected chi connectivity index (χ3v) is 3.98. The fourth-order valence-electron chi connectivity index (χ4n) is 1.43. The van der Waals surface area contributed by atoms with Gasteiger partial charge in [0.2, 0.25) is 15.9 Å². The number of rotatable bonds is 7. The molecule has 1 rings (SSSR count). The number of nitrogens with one attached hydrogen (secondary N) is 2. The normalized spacial score (nSPS) is 11.2. The first kappa shape index (κ1) is 16.3. The number of aromatic hydroxyl groups is 1. The van der Waals surface area contributed by atoms with Crippen molar-refractivity contribution in [2.24, 2.45) is 0 Å². The number of hydrogen-bond acceptors (Lipinski definition) is 5. The number of anilines is 1.